The molecule has 1 fully saturated rings. The molecule has 3 heterocycles. The molecule has 0 radical (unpaired) electrons. The first-order valence-electron chi connectivity index (χ1n) is 4.95. The molecule has 2 aromatic heterocycles. The molecular weight excluding hydrogens is 176 g/mol. The van der Waals surface area contributed by atoms with E-state index >= 15 is 0 Å². The Kier molecular flexibility index (Phi) is 1.73. The predicted molar refractivity (Wildman–Crippen MR) is 54.1 cm³/mol. The highest BCUT2D eigenvalue weighted by Crippen LogP contribution is 2.21. The lowest BCUT2D eigenvalue weighted by Gasteiger charge is -2.01. The maximum absolute atomic E-state index is 4.49. The minimum absolute atomic E-state index is 0.532. The first-order valence-corrected chi connectivity index (χ1v) is 4.95. The Labute approximate surface area is 81.8 Å². The van der Waals surface area contributed by atoms with Gasteiger partial charge in [0.05, 0.1) is 5.52 Å². The third kappa shape index (κ3) is 1.19. The average Bonchev–Trinajstić information content (AvgIpc) is 2.86. The van der Waals surface area contributed by atoms with Crippen molar-refractivity contribution in [3.63, 3.8) is 0 Å². The van der Waals surface area contributed by atoms with Crippen molar-refractivity contribution in [1.29, 1.82) is 0 Å². The van der Waals surface area contributed by atoms with Crippen molar-refractivity contribution < 1.29 is 0 Å². The summed E-state index contributed by atoms with van der Waals surface area (Å²) in [5, 5.41) is 3.33. The van der Waals surface area contributed by atoms with Crippen molar-refractivity contribution in [2.75, 3.05) is 13.1 Å². The van der Waals surface area contributed by atoms with Crippen LogP contribution in [0.3, 0.4) is 0 Å². The maximum Gasteiger partial charge on any atom is 0.177 e. The van der Waals surface area contributed by atoms with Gasteiger partial charge in [0.25, 0.3) is 0 Å². The topological polar surface area (TPSA) is 53.6 Å². The van der Waals surface area contributed by atoms with Crippen LogP contribution in [0.25, 0.3) is 11.2 Å². The highest BCUT2D eigenvalue weighted by Gasteiger charge is 2.19. The normalized spacial score (nSPS) is 21.9. The monoisotopic (exact) mass is 188 g/mol. The lowest BCUT2D eigenvalue weighted by molar-refractivity contribution is 0.717. The molecule has 3 rings (SSSR count). The lowest BCUT2D eigenvalue weighted by Crippen LogP contribution is -2.08. The van der Waals surface area contributed by atoms with Gasteiger partial charge in [-0.15, -0.1) is 0 Å². The number of nitrogens with zero attached hydrogens (tertiary/aromatic N) is 2. The van der Waals surface area contributed by atoms with E-state index in [4.69, 9.17) is 0 Å². The number of aromatic amines is 1. The van der Waals surface area contributed by atoms with Gasteiger partial charge in [0.1, 0.15) is 5.82 Å². The standard InChI is InChI=1S/C10H12N4/c1-2-8-10(12-4-1)14-9(13-8)7-3-5-11-6-7/h1-2,4,7,11H,3,5-6H2,(H,12,13,14)/t7-/m0/s1. The van der Waals surface area contributed by atoms with Crippen molar-refractivity contribution in [2.45, 2.75) is 12.3 Å². The molecule has 1 atom stereocenters. The van der Waals surface area contributed by atoms with Crippen LogP contribution in [0.5, 0.6) is 0 Å². The van der Waals surface area contributed by atoms with Gasteiger partial charge in [0.15, 0.2) is 5.65 Å². The number of fused-ring (bicyclic) bond motifs is 1. The number of rotatable bonds is 1. The van der Waals surface area contributed by atoms with Gasteiger partial charge in [-0.2, -0.15) is 0 Å². The number of hydrogen-bond donors (Lipinski definition) is 2. The third-order valence-corrected chi connectivity index (χ3v) is 2.72. The molecule has 0 amide bonds. The van der Waals surface area contributed by atoms with Crippen LogP contribution < -0.4 is 5.32 Å². The van der Waals surface area contributed by atoms with Crippen molar-refractivity contribution in [2.24, 2.45) is 0 Å². The molecule has 4 heteroatoms. The van der Waals surface area contributed by atoms with Crippen molar-refractivity contribution in [1.82, 2.24) is 20.3 Å². The van der Waals surface area contributed by atoms with Gasteiger partial charge in [-0.1, -0.05) is 0 Å². The summed E-state index contributed by atoms with van der Waals surface area (Å²) in [5.74, 6) is 1.60. The fraction of sp³-hybridized carbons (Fsp3) is 0.400. The molecule has 2 aromatic rings. The molecule has 2 N–H and O–H groups in total. The Morgan fingerprint density at radius 3 is 3.21 bits per heavy atom. The Bertz CT molecular complexity index is 409. The molecule has 1 saturated heterocycles. The molecule has 1 aliphatic rings. The second-order valence-corrected chi connectivity index (χ2v) is 3.69. The van der Waals surface area contributed by atoms with Gasteiger partial charge >= 0.3 is 0 Å². The molecule has 0 aliphatic carbocycles. The summed E-state index contributed by atoms with van der Waals surface area (Å²) < 4.78 is 0. The molecular formula is C10H12N4. The Morgan fingerprint density at radius 2 is 2.43 bits per heavy atom. The molecule has 72 valence electrons. The summed E-state index contributed by atoms with van der Waals surface area (Å²) in [4.78, 5) is 12.0. The second kappa shape index (κ2) is 3.06. The second-order valence-electron chi connectivity index (χ2n) is 3.69. The van der Waals surface area contributed by atoms with Gasteiger partial charge in [0.2, 0.25) is 0 Å². The lowest BCUT2D eigenvalue weighted by atomic mass is 10.1. The van der Waals surface area contributed by atoms with E-state index in [9.17, 15) is 0 Å². The number of nitrogens with one attached hydrogen (secondary N) is 2. The van der Waals surface area contributed by atoms with Crippen molar-refractivity contribution >= 4 is 11.2 Å². The molecule has 0 spiro atoms. The summed E-state index contributed by atoms with van der Waals surface area (Å²) in [5.41, 5.74) is 1.86. The fourth-order valence-corrected chi connectivity index (χ4v) is 1.95. The first kappa shape index (κ1) is 7.94. The summed E-state index contributed by atoms with van der Waals surface area (Å²) >= 11 is 0. The minimum atomic E-state index is 0.532. The zero-order valence-corrected chi connectivity index (χ0v) is 7.83. The zero-order chi connectivity index (χ0) is 9.38. The molecule has 4 nitrogen and oxygen atoms in total. The van der Waals surface area contributed by atoms with Gasteiger partial charge in [-0.25, -0.2) is 9.97 Å². The van der Waals surface area contributed by atoms with Crippen LogP contribution in [0.1, 0.15) is 18.2 Å². The SMILES string of the molecule is c1cnc2nc([C@H]3CCNC3)[nH]c2c1. The van der Waals surface area contributed by atoms with E-state index in [1.165, 1.54) is 6.42 Å². The third-order valence-electron chi connectivity index (χ3n) is 2.72. The van der Waals surface area contributed by atoms with E-state index in [0.29, 0.717) is 5.92 Å². The summed E-state index contributed by atoms with van der Waals surface area (Å²) in [6.07, 6.45) is 2.94. The number of hydrogen-bond acceptors (Lipinski definition) is 3. The summed E-state index contributed by atoms with van der Waals surface area (Å²) in [7, 11) is 0. The summed E-state index contributed by atoms with van der Waals surface area (Å²) in [6.45, 7) is 2.12. The van der Waals surface area contributed by atoms with Gasteiger partial charge in [-0.05, 0) is 25.1 Å². The van der Waals surface area contributed by atoms with Crippen LogP contribution in [0.2, 0.25) is 0 Å². The molecule has 0 bridgehead atoms. The largest absolute Gasteiger partial charge is 0.340 e. The Hall–Kier alpha value is -1.42. The van der Waals surface area contributed by atoms with Gasteiger partial charge in [-0.3, -0.25) is 0 Å². The van der Waals surface area contributed by atoms with E-state index in [1.54, 1.807) is 6.20 Å². The van der Waals surface area contributed by atoms with E-state index in [-0.39, 0.29) is 0 Å². The van der Waals surface area contributed by atoms with E-state index in [2.05, 4.69) is 20.3 Å². The highest BCUT2D eigenvalue weighted by molar-refractivity contribution is 5.70. The van der Waals surface area contributed by atoms with E-state index in [1.807, 2.05) is 12.1 Å². The molecule has 1 aliphatic heterocycles. The minimum Gasteiger partial charge on any atom is -0.340 e. The Morgan fingerprint density at radius 1 is 1.43 bits per heavy atom. The Balaban J connectivity index is 2.05. The van der Waals surface area contributed by atoms with Crippen molar-refractivity contribution in [3.05, 3.63) is 24.2 Å². The van der Waals surface area contributed by atoms with Crippen LogP contribution in [-0.4, -0.2) is 28.0 Å². The number of H-pyrrole nitrogens is 1. The molecule has 0 saturated carbocycles. The molecule has 0 aromatic carbocycles. The first-order chi connectivity index (χ1) is 6.93. The van der Waals surface area contributed by atoms with Gasteiger partial charge < -0.3 is 10.3 Å². The maximum atomic E-state index is 4.49. The van der Waals surface area contributed by atoms with E-state index < -0.39 is 0 Å². The zero-order valence-electron chi connectivity index (χ0n) is 7.83. The number of pyridine rings is 1. The number of imidazole rings is 1. The van der Waals surface area contributed by atoms with Crippen molar-refractivity contribution in [3.8, 4) is 0 Å². The average molecular weight is 188 g/mol. The van der Waals surface area contributed by atoms with Gasteiger partial charge in [0, 0.05) is 18.7 Å². The fourth-order valence-electron chi connectivity index (χ4n) is 1.95. The molecule has 0 unspecified atom stereocenters. The highest BCUT2D eigenvalue weighted by atomic mass is 15.0. The van der Waals surface area contributed by atoms with E-state index in [0.717, 1.165) is 30.1 Å². The van der Waals surface area contributed by atoms with Crippen LogP contribution in [-0.2, 0) is 0 Å². The number of aromatic nitrogens is 3. The van der Waals surface area contributed by atoms with Crippen LogP contribution in [0.15, 0.2) is 18.3 Å². The van der Waals surface area contributed by atoms with Crippen LogP contribution in [0, 0.1) is 0 Å². The smallest absolute Gasteiger partial charge is 0.177 e. The summed E-state index contributed by atoms with van der Waals surface area (Å²) in [6, 6.07) is 3.94. The van der Waals surface area contributed by atoms with Crippen LogP contribution >= 0.6 is 0 Å². The predicted octanol–water partition coefficient (Wildman–Crippen LogP) is 1.03. The quantitative estimate of drug-likeness (QED) is 0.703. The van der Waals surface area contributed by atoms with Crippen LogP contribution in [0.4, 0.5) is 0 Å². The molecule has 14 heavy (non-hydrogen) atoms.